The Hall–Kier alpha value is -1.79. The molecule has 0 radical (unpaired) electrons. The minimum absolute atomic E-state index is 0.158. The predicted octanol–water partition coefficient (Wildman–Crippen LogP) is 2.80. The van der Waals surface area contributed by atoms with Gasteiger partial charge in [0.1, 0.15) is 6.26 Å². The van der Waals surface area contributed by atoms with E-state index in [0.29, 0.717) is 18.1 Å². The summed E-state index contributed by atoms with van der Waals surface area (Å²) in [5.41, 5.74) is 1.68. The second kappa shape index (κ2) is 8.89. The topological polar surface area (TPSA) is 67.2 Å². The summed E-state index contributed by atoms with van der Waals surface area (Å²) in [5.74, 6) is 2.62. The van der Waals surface area contributed by atoms with Crippen LogP contribution in [0, 0.1) is 0 Å². The molecule has 5 nitrogen and oxygen atoms in total. The van der Waals surface area contributed by atoms with Crippen LogP contribution in [-0.2, 0) is 5.75 Å². The Morgan fingerprint density at radius 2 is 2.25 bits per heavy atom. The summed E-state index contributed by atoms with van der Waals surface area (Å²) in [6.45, 7) is 2.55. The molecule has 1 aliphatic heterocycles. The van der Waals surface area contributed by atoms with Gasteiger partial charge in [0.05, 0.1) is 0 Å². The molecule has 1 aromatic carbocycles. The molecule has 1 atom stereocenters. The van der Waals surface area contributed by atoms with Crippen LogP contribution in [0.2, 0.25) is 0 Å². The average Bonchev–Trinajstić information content (AvgIpc) is 3.13. The smallest absolute Gasteiger partial charge is 0.273 e. The first-order valence-electron chi connectivity index (χ1n) is 8.39. The number of thioether (sulfide) groups is 1. The van der Waals surface area contributed by atoms with E-state index in [1.54, 1.807) is 11.8 Å². The van der Waals surface area contributed by atoms with Crippen molar-refractivity contribution in [3.8, 4) is 0 Å². The Morgan fingerprint density at radius 3 is 3.04 bits per heavy atom. The van der Waals surface area contributed by atoms with Gasteiger partial charge in [-0.2, -0.15) is 11.8 Å². The largest absolute Gasteiger partial charge is 0.448 e. The minimum Gasteiger partial charge on any atom is -0.448 e. The zero-order valence-corrected chi connectivity index (χ0v) is 14.5. The monoisotopic (exact) mass is 345 g/mol. The molecule has 2 aromatic rings. The average molecular weight is 345 g/mol. The number of hydrogen-bond donors (Lipinski definition) is 2. The molecular weight excluding hydrogens is 322 g/mol. The lowest BCUT2D eigenvalue weighted by Gasteiger charge is -2.19. The van der Waals surface area contributed by atoms with Crippen molar-refractivity contribution in [3.05, 3.63) is 53.7 Å². The Kier molecular flexibility index (Phi) is 6.32. The van der Waals surface area contributed by atoms with Crippen molar-refractivity contribution in [3.63, 3.8) is 0 Å². The van der Waals surface area contributed by atoms with Crippen molar-refractivity contribution < 1.29 is 9.21 Å². The Morgan fingerprint density at radius 1 is 1.38 bits per heavy atom. The lowest BCUT2D eigenvalue weighted by atomic mass is 10.00. The lowest BCUT2D eigenvalue weighted by Crippen LogP contribution is -2.29. The van der Waals surface area contributed by atoms with E-state index in [1.807, 2.05) is 18.2 Å². The molecule has 6 heteroatoms. The summed E-state index contributed by atoms with van der Waals surface area (Å²) in [6, 6.07) is 10.3. The first-order valence-corrected chi connectivity index (χ1v) is 9.54. The molecule has 0 saturated carbocycles. The Labute approximate surface area is 146 Å². The van der Waals surface area contributed by atoms with Crippen molar-refractivity contribution in [2.45, 2.75) is 24.5 Å². The third kappa shape index (κ3) is 4.85. The second-order valence-corrected chi connectivity index (χ2v) is 7.01. The van der Waals surface area contributed by atoms with Crippen LogP contribution >= 0.6 is 11.8 Å². The molecule has 1 saturated heterocycles. The van der Waals surface area contributed by atoms with Gasteiger partial charge in [-0.3, -0.25) is 4.79 Å². The highest BCUT2D eigenvalue weighted by Crippen LogP contribution is 2.22. The molecule has 0 spiro atoms. The highest BCUT2D eigenvalue weighted by Gasteiger charge is 2.21. The van der Waals surface area contributed by atoms with Crippen LogP contribution in [0.15, 0.2) is 41.0 Å². The Bertz CT molecular complexity index is 639. The molecule has 1 aliphatic rings. The van der Waals surface area contributed by atoms with E-state index in [2.05, 4.69) is 27.8 Å². The predicted molar refractivity (Wildman–Crippen MR) is 96.3 cm³/mol. The summed E-state index contributed by atoms with van der Waals surface area (Å²) >= 11 is 1.80. The van der Waals surface area contributed by atoms with Gasteiger partial charge >= 0.3 is 0 Å². The van der Waals surface area contributed by atoms with Crippen molar-refractivity contribution >= 4 is 17.7 Å². The van der Waals surface area contributed by atoms with E-state index in [1.165, 1.54) is 11.8 Å². The second-order valence-electron chi connectivity index (χ2n) is 5.91. The van der Waals surface area contributed by atoms with E-state index in [4.69, 9.17) is 4.42 Å². The maximum Gasteiger partial charge on any atom is 0.273 e. The van der Waals surface area contributed by atoms with Gasteiger partial charge in [0, 0.05) is 30.5 Å². The summed E-state index contributed by atoms with van der Waals surface area (Å²) in [4.78, 5) is 16.5. The minimum atomic E-state index is -0.158. The number of nitrogens with zero attached hydrogens (tertiary/aromatic N) is 1. The van der Waals surface area contributed by atoms with Crippen molar-refractivity contribution in [1.82, 2.24) is 15.6 Å². The van der Waals surface area contributed by atoms with Crippen LogP contribution in [-0.4, -0.2) is 36.3 Å². The number of oxazole rings is 1. The molecule has 1 unspecified atom stereocenters. The van der Waals surface area contributed by atoms with Crippen molar-refractivity contribution in [2.75, 3.05) is 25.4 Å². The third-order valence-electron chi connectivity index (χ3n) is 4.04. The van der Waals surface area contributed by atoms with E-state index < -0.39 is 0 Å². The number of benzene rings is 1. The number of aromatic nitrogens is 1. The van der Waals surface area contributed by atoms with E-state index >= 15 is 0 Å². The van der Waals surface area contributed by atoms with E-state index in [9.17, 15) is 4.79 Å². The SMILES string of the molecule is O=C(NCCSCc1ccccc1)c1coc(C2CCCNC2)n1. The number of amides is 1. The molecule has 2 N–H and O–H groups in total. The fourth-order valence-corrected chi connectivity index (χ4v) is 3.55. The highest BCUT2D eigenvalue weighted by atomic mass is 32.2. The number of carbonyl (C=O) groups excluding carboxylic acids is 1. The summed E-state index contributed by atoms with van der Waals surface area (Å²) in [6.07, 6.45) is 3.65. The molecule has 2 heterocycles. The van der Waals surface area contributed by atoms with Crippen LogP contribution in [0.5, 0.6) is 0 Å². The zero-order chi connectivity index (χ0) is 16.6. The standard InChI is InChI=1S/C18H23N3O2S/c22-17(20-9-10-24-13-14-5-2-1-3-6-14)16-12-23-18(21-16)15-7-4-8-19-11-15/h1-3,5-6,12,15,19H,4,7-11,13H2,(H,20,22). The summed E-state index contributed by atoms with van der Waals surface area (Å²) in [5, 5.41) is 6.23. The number of carbonyl (C=O) groups is 1. The fraction of sp³-hybridized carbons (Fsp3) is 0.444. The van der Waals surface area contributed by atoms with E-state index in [0.717, 1.165) is 37.4 Å². The number of hydrogen-bond acceptors (Lipinski definition) is 5. The van der Waals surface area contributed by atoms with Gasteiger partial charge in [-0.15, -0.1) is 0 Å². The van der Waals surface area contributed by atoms with Gasteiger partial charge < -0.3 is 15.1 Å². The number of nitrogens with one attached hydrogen (secondary N) is 2. The van der Waals surface area contributed by atoms with Gasteiger partial charge in [0.15, 0.2) is 11.6 Å². The summed E-state index contributed by atoms with van der Waals surface area (Å²) in [7, 11) is 0. The molecule has 0 aliphatic carbocycles. The van der Waals surface area contributed by atoms with Crippen LogP contribution in [0.4, 0.5) is 0 Å². The molecule has 0 bridgehead atoms. The van der Waals surface area contributed by atoms with Gasteiger partial charge in [-0.1, -0.05) is 30.3 Å². The maximum atomic E-state index is 12.1. The third-order valence-corrected chi connectivity index (χ3v) is 5.07. The quantitative estimate of drug-likeness (QED) is 0.755. The van der Waals surface area contributed by atoms with Crippen molar-refractivity contribution in [1.29, 1.82) is 0 Å². The van der Waals surface area contributed by atoms with Crippen LogP contribution in [0.1, 0.15) is 40.7 Å². The first kappa shape index (κ1) is 17.0. The van der Waals surface area contributed by atoms with Crippen molar-refractivity contribution in [2.24, 2.45) is 0 Å². The lowest BCUT2D eigenvalue weighted by molar-refractivity contribution is 0.0951. The van der Waals surface area contributed by atoms with Crippen LogP contribution in [0.3, 0.4) is 0 Å². The molecule has 3 rings (SSSR count). The van der Waals surface area contributed by atoms with Gasteiger partial charge in [0.25, 0.3) is 5.91 Å². The van der Waals surface area contributed by atoms with E-state index in [-0.39, 0.29) is 11.8 Å². The van der Waals surface area contributed by atoms with Gasteiger partial charge in [-0.25, -0.2) is 4.98 Å². The molecule has 1 aromatic heterocycles. The molecular formula is C18H23N3O2S. The molecule has 1 amide bonds. The molecule has 24 heavy (non-hydrogen) atoms. The number of rotatable bonds is 7. The van der Waals surface area contributed by atoms with Crippen LogP contribution < -0.4 is 10.6 Å². The molecule has 1 fully saturated rings. The van der Waals surface area contributed by atoms with Crippen LogP contribution in [0.25, 0.3) is 0 Å². The van der Waals surface area contributed by atoms with Gasteiger partial charge in [-0.05, 0) is 24.9 Å². The fourth-order valence-electron chi connectivity index (χ4n) is 2.73. The normalized spacial score (nSPS) is 17.6. The van der Waals surface area contributed by atoms with Gasteiger partial charge in [0.2, 0.25) is 0 Å². The summed E-state index contributed by atoms with van der Waals surface area (Å²) < 4.78 is 5.49. The molecule has 128 valence electrons. The first-order chi connectivity index (χ1) is 11.8. The Balaban J connectivity index is 1.38. The zero-order valence-electron chi connectivity index (χ0n) is 13.7. The maximum absolute atomic E-state index is 12.1. The number of piperidine rings is 1. The highest BCUT2D eigenvalue weighted by molar-refractivity contribution is 7.98.